The lowest BCUT2D eigenvalue weighted by molar-refractivity contribution is -0.231. The fraction of sp³-hybridized carbons (Fsp3) is 0.906. The van der Waals surface area contributed by atoms with Crippen molar-refractivity contribution in [1.82, 2.24) is 0 Å². The number of carbonyl (C=O) groups excluding carboxylic acids is 1. The molecule has 5 aliphatic carbocycles. The number of esters is 1. The molecule has 0 aromatic rings. The van der Waals surface area contributed by atoms with Crippen molar-refractivity contribution in [3.05, 3.63) is 11.6 Å². The molecular formula is C32H52O2. The standard InChI is InChI=1S/C32H52O2/c1-21(33)34-26-13-11-23-22(28(26,4)5)10-12-24-30(23,7)17-19-32(9)25-20-27(2,3)14-15-29(25,6)16-18-31(24,32)8/h10,23-26H,11-20H2,1-9H3/t23?,24?,25?,26-,29+,30-,31+,32-/m0/s1. The number of ether oxygens (including phenoxy) is 1. The van der Waals surface area contributed by atoms with Crippen LogP contribution in [-0.4, -0.2) is 12.1 Å². The highest BCUT2D eigenvalue weighted by Gasteiger charge is 2.69. The molecule has 0 spiro atoms. The molecule has 0 aliphatic heterocycles. The fourth-order valence-corrected chi connectivity index (χ4v) is 10.8. The second kappa shape index (κ2) is 7.38. The van der Waals surface area contributed by atoms with Crippen LogP contribution in [-0.2, 0) is 9.53 Å². The summed E-state index contributed by atoms with van der Waals surface area (Å²) < 4.78 is 5.86. The zero-order chi connectivity index (χ0) is 24.9. The Morgan fingerprint density at radius 3 is 2.12 bits per heavy atom. The minimum absolute atomic E-state index is 0.0250. The summed E-state index contributed by atoms with van der Waals surface area (Å²) in [4.78, 5) is 11.8. The van der Waals surface area contributed by atoms with Gasteiger partial charge in [-0.15, -0.1) is 0 Å². The van der Waals surface area contributed by atoms with Crippen LogP contribution in [0.5, 0.6) is 0 Å². The molecule has 192 valence electrons. The highest BCUT2D eigenvalue weighted by molar-refractivity contribution is 5.66. The summed E-state index contributed by atoms with van der Waals surface area (Å²) in [6.45, 7) is 22.1. The summed E-state index contributed by atoms with van der Waals surface area (Å²) in [7, 11) is 0. The van der Waals surface area contributed by atoms with Gasteiger partial charge in [0.15, 0.2) is 0 Å². The molecule has 0 aromatic carbocycles. The molecule has 0 N–H and O–H groups in total. The Bertz CT molecular complexity index is 897. The number of hydrogen-bond donors (Lipinski definition) is 0. The predicted octanol–water partition coefficient (Wildman–Crippen LogP) is 8.74. The Morgan fingerprint density at radius 1 is 0.824 bits per heavy atom. The van der Waals surface area contributed by atoms with Crippen LogP contribution in [0.2, 0.25) is 0 Å². The largest absolute Gasteiger partial charge is 0.462 e. The molecule has 5 aliphatic rings. The Morgan fingerprint density at radius 2 is 1.44 bits per heavy atom. The van der Waals surface area contributed by atoms with Crippen LogP contribution in [0.15, 0.2) is 11.6 Å². The quantitative estimate of drug-likeness (QED) is 0.284. The second-order valence-electron chi connectivity index (χ2n) is 15.8. The molecule has 3 unspecified atom stereocenters. The molecule has 0 heterocycles. The molecule has 0 bridgehead atoms. The number of allylic oxidation sites excluding steroid dienone is 1. The van der Waals surface area contributed by atoms with Crippen molar-refractivity contribution < 1.29 is 9.53 Å². The lowest BCUT2D eigenvalue weighted by Gasteiger charge is -2.73. The molecule has 8 atom stereocenters. The van der Waals surface area contributed by atoms with Crippen LogP contribution < -0.4 is 0 Å². The average Bonchev–Trinajstić information content (AvgIpc) is 2.73. The van der Waals surface area contributed by atoms with Gasteiger partial charge >= 0.3 is 5.97 Å². The van der Waals surface area contributed by atoms with Gasteiger partial charge in [0.05, 0.1) is 0 Å². The van der Waals surface area contributed by atoms with Crippen LogP contribution in [0, 0.1) is 50.2 Å². The van der Waals surface area contributed by atoms with Crippen molar-refractivity contribution in [1.29, 1.82) is 0 Å². The van der Waals surface area contributed by atoms with E-state index < -0.39 is 0 Å². The maximum atomic E-state index is 11.8. The van der Waals surface area contributed by atoms with E-state index in [9.17, 15) is 4.79 Å². The Hall–Kier alpha value is -0.790. The first-order valence-electron chi connectivity index (χ1n) is 14.5. The van der Waals surface area contributed by atoms with Gasteiger partial charge in [0.1, 0.15) is 6.10 Å². The van der Waals surface area contributed by atoms with Crippen molar-refractivity contribution in [2.45, 2.75) is 133 Å². The summed E-state index contributed by atoms with van der Waals surface area (Å²) in [5, 5.41) is 0. The second-order valence-corrected chi connectivity index (χ2v) is 15.8. The third-order valence-electron chi connectivity index (χ3n) is 13.3. The molecule has 0 amide bonds. The fourth-order valence-electron chi connectivity index (χ4n) is 10.8. The van der Waals surface area contributed by atoms with Crippen molar-refractivity contribution in [2.24, 2.45) is 50.2 Å². The molecular weight excluding hydrogens is 416 g/mol. The SMILES string of the molecule is CC(=O)O[C@H]1CCC2C(=CCC3[C@@]2(C)CC[C@@]2(C)C4CC(C)(C)CC[C@]4(C)CC[C@]32C)C1(C)C. The van der Waals surface area contributed by atoms with E-state index >= 15 is 0 Å². The third-order valence-corrected chi connectivity index (χ3v) is 13.3. The van der Waals surface area contributed by atoms with Gasteiger partial charge in [-0.1, -0.05) is 67.0 Å². The van der Waals surface area contributed by atoms with E-state index in [-0.39, 0.29) is 17.5 Å². The van der Waals surface area contributed by atoms with Gasteiger partial charge in [-0.05, 0) is 109 Å². The molecule has 4 fully saturated rings. The third kappa shape index (κ3) is 3.21. The van der Waals surface area contributed by atoms with Gasteiger partial charge in [-0.3, -0.25) is 4.79 Å². The summed E-state index contributed by atoms with van der Waals surface area (Å²) >= 11 is 0. The average molecular weight is 469 g/mol. The number of hydrogen-bond acceptors (Lipinski definition) is 2. The maximum absolute atomic E-state index is 11.8. The van der Waals surface area contributed by atoms with Crippen LogP contribution in [0.3, 0.4) is 0 Å². The van der Waals surface area contributed by atoms with E-state index in [0.29, 0.717) is 33.0 Å². The van der Waals surface area contributed by atoms with E-state index in [1.165, 1.54) is 57.8 Å². The molecule has 0 radical (unpaired) electrons. The van der Waals surface area contributed by atoms with Gasteiger partial charge in [-0.25, -0.2) is 0 Å². The molecule has 2 nitrogen and oxygen atoms in total. The van der Waals surface area contributed by atoms with Crippen LogP contribution in [0.1, 0.15) is 127 Å². The van der Waals surface area contributed by atoms with E-state index in [1.54, 1.807) is 12.5 Å². The van der Waals surface area contributed by atoms with E-state index in [4.69, 9.17) is 4.74 Å². The first kappa shape index (κ1) is 24.9. The van der Waals surface area contributed by atoms with E-state index in [0.717, 1.165) is 18.3 Å². The van der Waals surface area contributed by atoms with Gasteiger partial charge in [-0.2, -0.15) is 0 Å². The minimum atomic E-state index is -0.126. The number of fused-ring (bicyclic) bond motifs is 7. The zero-order valence-corrected chi connectivity index (χ0v) is 23.8. The van der Waals surface area contributed by atoms with Crippen LogP contribution >= 0.6 is 0 Å². The summed E-state index contributed by atoms with van der Waals surface area (Å²) in [6, 6.07) is 0. The van der Waals surface area contributed by atoms with Crippen LogP contribution in [0.25, 0.3) is 0 Å². The molecule has 2 heteroatoms. The Kier molecular flexibility index (Phi) is 5.40. The molecule has 5 rings (SSSR count). The van der Waals surface area contributed by atoms with Gasteiger partial charge in [0.25, 0.3) is 0 Å². The van der Waals surface area contributed by atoms with Crippen LogP contribution in [0.4, 0.5) is 0 Å². The van der Waals surface area contributed by atoms with Crippen molar-refractivity contribution in [2.75, 3.05) is 0 Å². The summed E-state index contributed by atoms with van der Waals surface area (Å²) in [5.41, 5.74) is 3.81. The Balaban J connectivity index is 1.52. The normalized spacial score (nSPS) is 51.1. The van der Waals surface area contributed by atoms with Gasteiger partial charge in [0, 0.05) is 12.3 Å². The monoisotopic (exact) mass is 468 g/mol. The lowest BCUT2D eigenvalue weighted by atomic mass is 9.31. The highest BCUT2D eigenvalue weighted by Crippen LogP contribution is 2.77. The summed E-state index contributed by atoms with van der Waals surface area (Å²) in [5.74, 6) is 2.14. The van der Waals surface area contributed by atoms with E-state index in [1.807, 2.05) is 0 Å². The first-order chi connectivity index (χ1) is 15.6. The minimum Gasteiger partial charge on any atom is -0.462 e. The zero-order valence-electron chi connectivity index (χ0n) is 23.8. The van der Waals surface area contributed by atoms with Gasteiger partial charge < -0.3 is 4.74 Å². The van der Waals surface area contributed by atoms with Gasteiger partial charge in [0.2, 0.25) is 0 Å². The molecule has 4 saturated carbocycles. The Labute approximate surface area is 210 Å². The number of carbonyl (C=O) groups is 1. The molecule has 0 saturated heterocycles. The van der Waals surface area contributed by atoms with Crippen molar-refractivity contribution in [3.63, 3.8) is 0 Å². The lowest BCUT2D eigenvalue weighted by Crippen LogP contribution is -2.65. The summed E-state index contributed by atoms with van der Waals surface area (Å²) in [6.07, 6.45) is 15.9. The smallest absolute Gasteiger partial charge is 0.302 e. The highest BCUT2D eigenvalue weighted by atomic mass is 16.5. The topological polar surface area (TPSA) is 26.3 Å². The number of rotatable bonds is 1. The first-order valence-corrected chi connectivity index (χ1v) is 14.5. The van der Waals surface area contributed by atoms with Crippen molar-refractivity contribution in [3.8, 4) is 0 Å². The predicted molar refractivity (Wildman–Crippen MR) is 140 cm³/mol. The molecule has 34 heavy (non-hydrogen) atoms. The van der Waals surface area contributed by atoms with Crippen molar-refractivity contribution >= 4 is 5.97 Å². The molecule has 0 aromatic heterocycles. The van der Waals surface area contributed by atoms with E-state index in [2.05, 4.69) is 61.5 Å². The maximum Gasteiger partial charge on any atom is 0.302 e.